The first-order chi connectivity index (χ1) is 14.2. The molecule has 0 saturated heterocycles. The van der Waals surface area contributed by atoms with Gasteiger partial charge in [0.2, 0.25) is 0 Å². The highest BCUT2D eigenvalue weighted by atomic mass is 32.2. The zero-order valence-corrected chi connectivity index (χ0v) is 18.2. The Bertz CT molecular complexity index is 1070. The maximum absolute atomic E-state index is 13.1. The fourth-order valence-electron chi connectivity index (χ4n) is 3.79. The molecular weight excluding hydrogens is 402 g/mol. The molecule has 1 aromatic carbocycles. The van der Waals surface area contributed by atoms with Crippen molar-refractivity contribution in [2.75, 3.05) is 12.8 Å². The first kappa shape index (κ1) is 20.2. The zero-order valence-electron chi connectivity index (χ0n) is 16.6. The molecular formula is C22H25N3O2S2. The van der Waals surface area contributed by atoms with Gasteiger partial charge in [-0.25, -0.2) is 4.98 Å². The van der Waals surface area contributed by atoms with Crippen LogP contribution >= 0.6 is 23.1 Å². The van der Waals surface area contributed by atoms with Gasteiger partial charge in [0.15, 0.2) is 4.96 Å². The number of nitrogens with zero attached hydrogens (tertiary/aromatic N) is 2. The van der Waals surface area contributed by atoms with Crippen molar-refractivity contribution in [1.82, 2.24) is 14.7 Å². The second kappa shape index (κ2) is 9.13. The summed E-state index contributed by atoms with van der Waals surface area (Å²) in [6.07, 6.45) is 10.8. The van der Waals surface area contributed by atoms with Crippen LogP contribution in [0.2, 0.25) is 0 Å². The Morgan fingerprint density at radius 1 is 1.17 bits per heavy atom. The maximum Gasteiger partial charge on any atom is 0.271 e. The van der Waals surface area contributed by atoms with Gasteiger partial charge in [0.25, 0.3) is 11.5 Å². The van der Waals surface area contributed by atoms with E-state index in [1.807, 2.05) is 6.26 Å². The number of fused-ring (bicyclic) bond motifs is 3. The van der Waals surface area contributed by atoms with Gasteiger partial charge in [-0.3, -0.25) is 14.0 Å². The summed E-state index contributed by atoms with van der Waals surface area (Å²) in [6, 6.07) is 8.31. The van der Waals surface area contributed by atoms with Crippen LogP contribution in [0.3, 0.4) is 0 Å². The standard InChI is InChI=1S/C22H25N3O2S2/c1-28-16-10-8-15(9-11-16)12-13-23-20(26)17-14-24-22-25(21(17)27)18-6-4-2-3-5-7-19(18)29-22/h8-11,14H,2-7,12-13H2,1H3,(H,23,26). The van der Waals surface area contributed by atoms with Crippen molar-refractivity contribution >= 4 is 34.0 Å². The lowest BCUT2D eigenvalue weighted by atomic mass is 10.0. The zero-order chi connectivity index (χ0) is 20.2. The van der Waals surface area contributed by atoms with E-state index >= 15 is 0 Å². The number of benzene rings is 1. The Balaban J connectivity index is 1.50. The molecule has 1 aliphatic rings. The van der Waals surface area contributed by atoms with E-state index in [1.165, 1.54) is 28.8 Å². The Morgan fingerprint density at radius 3 is 2.69 bits per heavy atom. The van der Waals surface area contributed by atoms with Crippen molar-refractivity contribution in [3.05, 3.63) is 62.5 Å². The summed E-state index contributed by atoms with van der Waals surface area (Å²) < 4.78 is 1.68. The van der Waals surface area contributed by atoms with Crippen LogP contribution in [-0.4, -0.2) is 28.1 Å². The SMILES string of the molecule is CSc1ccc(CCNC(=O)c2cnc3sc4c(n3c2=O)CCCCCC4)cc1. The van der Waals surface area contributed by atoms with Crippen molar-refractivity contribution in [3.8, 4) is 0 Å². The lowest BCUT2D eigenvalue weighted by Crippen LogP contribution is -2.33. The Labute approximate surface area is 178 Å². The van der Waals surface area contributed by atoms with Crippen molar-refractivity contribution < 1.29 is 4.79 Å². The van der Waals surface area contributed by atoms with Crippen molar-refractivity contribution in [2.24, 2.45) is 0 Å². The highest BCUT2D eigenvalue weighted by molar-refractivity contribution is 7.98. The van der Waals surface area contributed by atoms with E-state index in [2.05, 4.69) is 34.6 Å². The molecule has 0 atom stereocenters. The highest BCUT2D eigenvalue weighted by Gasteiger charge is 2.20. The van der Waals surface area contributed by atoms with Crippen LogP contribution in [0.25, 0.3) is 4.96 Å². The maximum atomic E-state index is 13.1. The average Bonchev–Trinajstić information content (AvgIpc) is 3.06. The predicted octanol–water partition coefficient (Wildman–Crippen LogP) is 4.11. The number of carbonyl (C=O) groups is 1. The van der Waals surface area contributed by atoms with Gasteiger partial charge in [-0.15, -0.1) is 23.1 Å². The summed E-state index contributed by atoms with van der Waals surface area (Å²) in [7, 11) is 0. The van der Waals surface area contributed by atoms with Crippen molar-refractivity contribution in [3.63, 3.8) is 0 Å². The van der Waals surface area contributed by atoms with E-state index in [1.54, 1.807) is 27.5 Å². The molecule has 29 heavy (non-hydrogen) atoms. The molecule has 4 rings (SSSR count). The summed E-state index contributed by atoms with van der Waals surface area (Å²) in [5.74, 6) is -0.344. The van der Waals surface area contributed by atoms with Gasteiger partial charge in [0, 0.05) is 28.2 Å². The number of nitrogens with one attached hydrogen (secondary N) is 1. The molecule has 7 heteroatoms. The van der Waals surface area contributed by atoms with Crippen LogP contribution in [0.5, 0.6) is 0 Å². The minimum atomic E-state index is -0.344. The minimum Gasteiger partial charge on any atom is -0.351 e. The van der Waals surface area contributed by atoms with Crippen LogP contribution in [-0.2, 0) is 19.3 Å². The highest BCUT2D eigenvalue weighted by Crippen LogP contribution is 2.27. The number of carbonyl (C=O) groups excluding carboxylic acids is 1. The average molecular weight is 428 g/mol. The van der Waals surface area contributed by atoms with Crippen molar-refractivity contribution in [1.29, 1.82) is 0 Å². The number of aryl methyl sites for hydroxylation is 2. The van der Waals surface area contributed by atoms with E-state index in [-0.39, 0.29) is 17.0 Å². The molecule has 0 aliphatic heterocycles. The lowest BCUT2D eigenvalue weighted by Gasteiger charge is -2.10. The van der Waals surface area contributed by atoms with E-state index < -0.39 is 0 Å². The Morgan fingerprint density at radius 2 is 1.93 bits per heavy atom. The van der Waals surface area contributed by atoms with Crippen LogP contribution in [0.15, 0.2) is 40.2 Å². The van der Waals surface area contributed by atoms with Crippen LogP contribution in [0, 0.1) is 0 Å². The van der Waals surface area contributed by atoms with Gasteiger partial charge in [-0.05, 0) is 56.1 Å². The molecule has 0 bridgehead atoms. The molecule has 0 unspecified atom stereocenters. The Kier molecular flexibility index (Phi) is 6.35. The number of thiazole rings is 1. The summed E-state index contributed by atoms with van der Waals surface area (Å²) in [5.41, 5.74) is 2.11. The van der Waals surface area contributed by atoms with Gasteiger partial charge < -0.3 is 5.32 Å². The van der Waals surface area contributed by atoms with Crippen LogP contribution in [0.1, 0.15) is 52.2 Å². The largest absolute Gasteiger partial charge is 0.351 e. The van der Waals surface area contributed by atoms with Crippen LogP contribution < -0.4 is 10.9 Å². The molecule has 0 fully saturated rings. The Hall–Kier alpha value is -2.12. The molecule has 1 N–H and O–H groups in total. The molecule has 0 radical (unpaired) electrons. The second-order valence-corrected chi connectivity index (χ2v) is 9.28. The van der Waals surface area contributed by atoms with Crippen LogP contribution in [0.4, 0.5) is 0 Å². The van der Waals surface area contributed by atoms with Gasteiger partial charge in [-0.2, -0.15) is 0 Å². The summed E-state index contributed by atoms with van der Waals surface area (Å²) >= 11 is 3.30. The normalized spacial score (nSPS) is 14.2. The minimum absolute atomic E-state index is 0.128. The van der Waals surface area contributed by atoms with Gasteiger partial charge in [0.1, 0.15) is 5.56 Å². The predicted molar refractivity (Wildman–Crippen MR) is 119 cm³/mol. The van der Waals surface area contributed by atoms with Gasteiger partial charge in [0.05, 0.1) is 0 Å². The smallest absolute Gasteiger partial charge is 0.271 e. The number of hydrogen-bond donors (Lipinski definition) is 1. The van der Waals surface area contributed by atoms with E-state index in [0.717, 1.165) is 43.4 Å². The molecule has 2 aromatic heterocycles. The number of amides is 1. The number of thioether (sulfide) groups is 1. The second-order valence-electron chi connectivity index (χ2n) is 7.34. The molecule has 0 spiro atoms. The molecule has 0 saturated carbocycles. The number of rotatable bonds is 5. The molecule has 152 valence electrons. The van der Waals surface area contributed by atoms with E-state index in [9.17, 15) is 9.59 Å². The molecule has 5 nitrogen and oxygen atoms in total. The molecule has 2 heterocycles. The third-order valence-corrected chi connectivity index (χ3v) is 7.31. The molecule has 3 aromatic rings. The lowest BCUT2D eigenvalue weighted by molar-refractivity contribution is 0.0952. The molecule has 1 amide bonds. The quantitative estimate of drug-likeness (QED) is 0.623. The fourth-order valence-corrected chi connectivity index (χ4v) is 5.36. The van der Waals surface area contributed by atoms with Crippen molar-refractivity contribution in [2.45, 2.75) is 49.8 Å². The third-order valence-electron chi connectivity index (χ3n) is 5.41. The summed E-state index contributed by atoms with van der Waals surface area (Å²) in [4.78, 5) is 33.3. The fraction of sp³-hybridized carbons (Fsp3) is 0.409. The summed E-state index contributed by atoms with van der Waals surface area (Å²) in [6.45, 7) is 0.487. The van der Waals surface area contributed by atoms with Gasteiger partial charge >= 0.3 is 0 Å². The van der Waals surface area contributed by atoms with Gasteiger partial charge in [-0.1, -0.05) is 25.0 Å². The topological polar surface area (TPSA) is 63.5 Å². The number of hydrogen-bond acceptors (Lipinski definition) is 5. The summed E-state index contributed by atoms with van der Waals surface area (Å²) in [5, 5.41) is 2.88. The first-order valence-electron chi connectivity index (χ1n) is 10.1. The monoisotopic (exact) mass is 427 g/mol. The van der Waals surface area contributed by atoms with E-state index in [4.69, 9.17) is 0 Å². The van der Waals surface area contributed by atoms with E-state index in [0.29, 0.717) is 11.5 Å². The molecule has 1 aliphatic carbocycles. The number of aromatic nitrogens is 2. The first-order valence-corrected chi connectivity index (χ1v) is 12.1. The third kappa shape index (κ3) is 4.41.